The molecule has 0 fully saturated rings. The summed E-state index contributed by atoms with van der Waals surface area (Å²) in [5.74, 6) is 0. The van der Waals surface area contributed by atoms with Gasteiger partial charge < -0.3 is 9.97 Å². The number of alkyl halides is 4. The highest BCUT2D eigenvalue weighted by atomic mass is 35.5. The molecule has 4 nitrogen and oxygen atoms in total. The van der Waals surface area contributed by atoms with Crippen LogP contribution in [0.2, 0.25) is 0 Å². The van der Waals surface area contributed by atoms with E-state index in [1.807, 2.05) is 48.6 Å². The molecule has 3 aromatic rings. The Hall–Kier alpha value is -2.24. The van der Waals surface area contributed by atoms with Crippen LogP contribution in [-0.4, -0.2) is 45.5 Å². The lowest BCUT2D eigenvalue weighted by molar-refractivity contribution is 1.31. The van der Waals surface area contributed by atoms with Gasteiger partial charge in [0.05, 0.1) is 22.8 Å². The SMILES string of the molecule is C1=Cc2cc3ccc(cc4nc(cc5ccc(cc1n2)[nH]5)C=C4)[nH]3.CCl.CCl.CCl.CCl. The largest absolute Gasteiger partial charge is 0.355 e. The molecule has 8 heteroatoms. The van der Waals surface area contributed by atoms with Gasteiger partial charge in [-0.3, -0.25) is 0 Å². The number of aromatic amines is 2. The van der Waals surface area contributed by atoms with E-state index in [1.165, 1.54) is 25.5 Å². The molecule has 2 aliphatic rings. The number of nitrogens with zero attached hydrogens (tertiary/aromatic N) is 2. The molecule has 0 aliphatic carbocycles. The number of halogens is 4. The summed E-state index contributed by atoms with van der Waals surface area (Å²) in [6.45, 7) is 0. The van der Waals surface area contributed by atoms with Crippen molar-refractivity contribution in [2.45, 2.75) is 0 Å². The lowest BCUT2D eigenvalue weighted by atomic mass is 10.3. The number of nitrogens with one attached hydrogen (secondary N) is 2. The van der Waals surface area contributed by atoms with Gasteiger partial charge in [0.15, 0.2) is 0 Å². The molecule has 0 radical (unpaired) electrons. The molecule has 5 heterocycles. The maximum absolute atomic E-state index is 4.64. The highest BCUT2D eigenvalue weighted by molar-refractivity contribution is 6.15. The molecule has 0 amide bonds. The Morgan fingerprint density at radius 1 is 0.438 bits per heavy atom. The molecular formula is C24H26Cl4N4. The molecule has 0 spiro atoms. The van der Waals surface area contributed by atoms with Crippen LogP contribution in [0.5, 0.6) is 0 Å². The fraction of sp³-hybridized carbons (Fsp3) is 0.167. The maximum atomic E-state index is 4.64. The Morgan fingerprint density at radius 2 is 0.656 bits per heavy atom. The quantitative estimate of drug-likeness (QED) is 0.206. The van der Waals surface area contributed by atoms with Crippen molar-refractivity contribution in [3.63, 3.8) is 0 Å². The standard InChI is InChI=1S/C20H14N4.4CH3Cl/c1-2-14-10-16-5-6-18(23-16)12-20-8-7-19(24-20)11-17-4-3-15(22-17)9-13(1)21-14;4*1-2/h1-12,21,24H;4*1H3. The molecule has 0 saturated heterocycles. The van der Waals surface area contributed by atoms with Crippen LogP contribution in [0.1, 0.15) is 22.8 Å². The minimum absolute atomic E-state index is 0.939. The van der Waals surface area contributed by atoms with Crippen LogP contribution in [0.3, 0.4) is 0 Å². The molecule has 32 heavy (non-hydrogen) atoms. The van der Waals surface area contributed by atoms with Crippen molar-refractivity contribution in [3.05, 3.63) is 71.3 Å². The average Bonchev–Trinajstić information content (AvgIpc) is 3.65. The molecule has 0 saturated carbocycles. The molecule has 2 N–H and O–H groups in total. The van der Waals surface area contributed by atoms with E-state index in [1.54, 1.807) is 0 Å². The predicted molar refractivity (Wildman–Crippen MR) is 146 cm³/mol. The van der Waals surface area contributed by atoms with Crippen LogP contribution in [-0.2, 0) is 0 Å². The van der Waals surface area contributed by atoms with Gasteiger partial charge in [-0.2, -0.15) is 0 Å². The second-order valence-electron chi connectivity index (χ2n) is 5.91. The molecule has 0 aromatic carbocycles. The van der Waals surface area contributed by atoms with Gasteiger partial charge in [0.2, 0.25) is 0 Å². The Morgan fingerprint density at radius 3 is 0.875 bits per heavy atom. The molecule has 5 rings (SSSR count). The third-order valence-corrected chi connectivity index (χ3v) is 4.04. The number of fused-ring (bicyclic) bond motifs is 8. The lowest BCUT2D eigenvalue weighted by Gasteiger charge is -1.85. The van der Waals surface area contributed by atoms with Crippen LogP contribution in [0.25, 0.3) is 46.4 Å². The van der Waals surface area contributed by atoms with Crippen LogP contribution in [0, 0.1) is 0 Å². The Labute approximate surface area is 209 Å². The lowest BCUT2D eigenvalue weighted by Crippen LogP contribution is -1.75. The van der Waals surface area contributed by atoms with E-state index >= 15 is 0 Å². The first-order valence-corrected chi connectivity index (χ1v) is 12.4. The molecule has 8 bridgehead atoms. The van der Waals surface area contributed by atoms with Crippen molar-refractivity contribution in [1.82, 2.24) is 19.9 Å². The zero-order valence-electron chi connectivity index (χ0n) is 18.3. The van der Waals surface area contributed by atoms with Crippen LogP contribution in [0.4, 0.5) is 0 Å². The van der Waals surface area contributed by atoms with Crippen LogP contribution >= 0.6 is 46.4 Å². The van der Waals surface area contributed by atoms with E-state index in [4.69, 9.17) is 0 Å². The van der Waals surface area contributed by atoms with Gasteiger partial charge in [-0.05, 0) is 72.8 Å². The van der Waals surface area contributed by atoms with Gasteiger partial charge >= 0.3 is 0 Å². The van der Waals surface area contributed by atoms with Crippen molar-refractivity contribution < 1.29 is 0 Å². The maximum Gasteiger partial charge on any atom is 0.0658 e. The number of hydrogen-bond acceptors (Lipinski definition) is 2. The third kappa shape index (κ3) is 8.03. The van der Waals surface area contributed by atoms with E-state index in [0.717, 1.165) is 44.8 Å². The topological polar surface area (TPSA) is 57.4 Å². The van der Waals surface area contributed by atoms with Crippen LogP contribution < -0.4 is 0 Å². The zero-order valence-corrected chi connectivity index (χ0v) is 21.4. The normalized spacial score (nSPS) is 10.2. The summed E-state index contributed by atoms with van der Waals surface area (Å²) in [7, 11) is 0. The van der Waals surface area contributed by atoms with Gasteiger partial charge in [0.25, 0.3) is 0 Å². The summed E-state index contributed by atoms with van der Waals surface area (Å²) in [4.78, 5) is 16.0. The molecule has 0 unspecified atom stereocenters. The average molecular weight is 512 g/mol. The number of H-pyrrole nitrogens is 2. The van der Waals surface area contributed by atoms with Crippen molar-refractivity contribution >= 4 is 92.8 Å². The van der Waals surface area contributed by atoms with Gasteiger partial charge in [-0.1, -0.05) is 0 Å². The van der Waals surface area contributed by atoms with E-state index in [0.29, 0.717) is 0 Å². The highest BCUT2D eigenvalue weighted by Gasteiger charge is 2.01. The van der Waals surface area contributed by atoms with Gasteiger partial charge in [-0.15, -0.1) is 46.4 Å². The highest BCUT2D eigenvalue weighted by Crippen LogP contribution is 2.16. The Bertz CT molecular complexity index is 1000. The van der Waals surface area contributed by atoms with Gasteiger partial charge in [-0.25, -0.2) is 9.97 Å². The monoisotopic (exact) mass is 510 g/mol. The molecular weight excluding hydrogens is 486 g/mol. The summed E-state index contributed by atoms with van der Waals surface area (Å²) in [5, 5.41) is 0. The molecule has 170 valence electrons. The zero-order chi connectivity index (χ0) is 23.9. The summed E-state index contributed by atoms with van der Waals surface area (Å²) in [6, 6.07) is 16.4. The van der Waals surface area contributed by atoms with Crippen molar-refractivity contribution in [2.75, 3.05) is 25.5 Å². The minimum Gasteiger partial charge on any atom is -0.355 e. The Kier molecular flexibility index (Phi) is 13.5. The van der Waals surface area contributed by atoms with Gasteiger partial charge in [0, 0.05) is 47.6 Å². The first-order valence-electron chi connectivity index (χ1n) is 9.36. The second-order valence-corrected chi connectivity index (χ2v) is 5.91. The first kappa shape index (κ1) is 27.8. The fourth-order valence-electron chi connectivity index (χ4n) is 2.94. The minimum atomic E-state index is 0.939. The van der Waals surface area contributed by atoms with E-state index < -0.39 is 0 Å². The van der Waals surface area contributed by atoms with Crippen molar-refractivity contribution in [2.24, 2.45) is 0 Å². The summed E-state index contributed by atoms with van der Waals surface area (Å²) in [5.41, 5.74) is 7.86. The third-order valence-electron chi connectivity index (χ3n) is 4.04. The summed E-state index contributed by atoms with van der Waals surface area (Å²) >= 11 is 18.6. The summed E-state index contributed by atoms with van der Waals surface area (Å²) in [6.07, 6.45) is 14.0. The first-order chi connectivity index (χ1) is 15.8. The Balaban J connectivity index is 0.000000581. The second kappa shape index (κ2) is 15.5. The molecule has 3 aromatic heterocycles. The van der Waals surface area contributed by atoms with E-state index in [-0.39, 0.29) is 0 Å². The number of aromatic nitrogens is 4. The van der Waals surface area contributed by atoms with Crippen LogP contribution in [0.15, 0.2) is 48.5 Å². The summed E-state index contributed by atoms with van der Waals surface area (Å²) < 4.78 is 0. The molecule has 0 atom stereocenters. The van der Waals surface area contributed by atoms with Crippen molar-refractivity contribution in [3.8, 4) is 0 Å². The number of hydrogen-bond donors (Lipinski definition) is 2. The molecule has 2 aliphatic heterocycles. The van der Waals surface area contributed by atoms with E-state index in [9.17, 15) is 0 Å². The number of rotatable bonds is 0. The predicted octanol–water partition coefficient (Wildman–Crippen LogP) is 8.08. The van der Waals surface area contributed by atoms with E-state index in [2.05, 4.69) is 90.6 Å². The van der Waals surface area contributed by atoms with Gasteiger partial charge in [0.1, 0.15) is 0 Å². The smallest absolute Gasteiger partial charge is 0.0658 e. The van der Waals surface area contributed by atoms with Crippen molar-refractivity contribution in [1.29, 1.82) is 0 Å². The fourth-order valence-corrected chi connectivity index (χ4v) is 2.94.